The molecule has 0 fully saturated rings. The smallest absolute Gasteiger partial charge is 0.407 e. The van der Waals surface area contributed by atoms with E-state index in [0.717, 1.165) is 5.56 Å². The van der Waals surface area contributed by atoms with E-state index in [4.69, 9.17) is 9.47 Å². The fourth-order valence-corrected chi connectivity index (χ4v) is 3.01. The lowest BCUT2D eigenvalue weighted by Gasteiger charge is -2.19. The van der Waals surface area contributed by atoms with Crippen molar-refractivity contribution in [3.05, 3.63) is 54.1 Å². The standard InChI is InChI=1S/C26H35N3O5/c1-17(2)21-9-7-8-10-22(21)33-18(3)24(31)29-20-13-11-19(12-14-20)28-23(30)15-16-27-25(32)34-26(4,5)6/h7-14,17-18H,15-16H2,1-6H3,(H,27,32)(H,28,30)(H,29,31). The van der Waals surface area contributed by atoms with Gasteiger partial charge < -0.3 is 25.4 Å². The molecular formula is C26H35N3O5. The van der Waals surface area contributed by atoms with Crippen LogP contribution in [-0.4, -0.2) is 36.2 Å². The average molecular weight is 470 g/mol. The number of anilines is 2. The van der Waals surface area contributed by atoms with E-state index in [2.05, 4.69) is 29.8 Å². The van der Waals surface area contributed by atoms with E-state index in [-0.39, 0.29) is 30.7 Å². The van der Waals surface area contributed by atoms with E-state index in [9.17, 15) is 14.4 Å². The molecule has 0 aliphatic rings. The number of benzene rings is 2. The van der Waals surface area contributed by atoms with Crippen molar-refractivity contribution in [1.29, 1.82) is 0 Å². The molecule has 1 atom stereocenters. The summed E-state index contributed by atoms with van der Waals surface area (Å²) in [6.45, 7) is 11.3. The van der Waals surface area contributed by atoms with E-state index in [0.29, 0.717) is 17.1 Å². The van der Waals surface area contributed by atoms with Crippen LogP contribution in [0.4, 0.5) is 16.2 Å². The van der Waals surface area contributed by atoms with Crippen molar-refractivity contribution in [3.8, 4) is 5.75 Å². The molecule has 2 rings (SSSR count). The van der Waals surface area contributed by atoms with E-state index in [1.165, 1.54) is 0 Å². The Morgan fingerprint density at radius 1 is 0.882 bits per heavy atom. The van der Waals surface area contributed by atoms with E-state index in [1.54, 1.807) is 52.0 Å². The average Bonchev–Trinajstić information content (AvgIpc) is 2.74. The van der Waals surface area contributed by atoms with E-state index >= 15 is 0 Å². The number of amides is 3. The molecular weight excluding hydrogens is 434 g/mol. The van der Waals surface area contributed by atoms with Gasteiger partial charge in [0.05, 0.1) is 0 Å². The molecule has 0 aliphatic carbocycles. The highest BCUT2D eigenvalue weighted by Gasteiger charge is 2.18. The number of hydrogen-bond donors (Lipinski definition) is 3. The minimum Gasteiger partial charge on any atom is -0.481 e. The highest BCUT2D eigenvalue weighted by Crippen LogP contribution is 2.27. The highest BCUT2D eigenvalue weighted by atomic mass is 16.6. The fraction of sp³-hybridized carbons (Fsp3) is 0.423. The van der Waals surface area contributed by atoms with Crippen LogP contribution in [0.15, 0.2) is 48.5 Å². The predicted octanol–water partition coefficient (Wildman–Crippen LogP) is 5.07. The van der Waals surface area contributed by atoms with Crippen LogP contribution in [-0.2, 0) is 14.3 Å². The third-order valence-corrected chi connectivity index (χ3v) is 4.67. The van der Waals surface area contributed by atoms with Crippen LogP contribution in [0.25, 0.3) is 0 Å². The third kappa shape index (κ3) is 9.13. The quantitative estimate of drug-likeness (QED) is 0.475. The molecule has 0 aliphatic heterocycles. The van der Waals surface area contributed by atoms with Crippen molar-refractivity contribution in [3.63, 3.8) is 0 Å². The predicted molar refractivity (Wildman–Crippen MR) is 133 cm³/mol. The Bertz CT molecular complexity index is 981. The summed E-state index contributed by atoms with van der Waals surface area (Å²) in [5.41, 5.74) is 1.62. The second-order valence-electron chi connectivity index (χ2n) is 9.25. The van der Waals surface area contributed by atoms with E-state index in [1.807, 2.05) is 24.3 Å². The van der Waals surface area contributed by atoms with Crippen molar-refractivity contribution in [2.45, 2.75) is 65.6 Å². The molecule has 0 aromatic heterocycles. The molecule has 2 aromatic rings. The van der Waals surface area contributed by atoms with Crippen LogP contribution >= 0.6 is 0 Å². The highest BCUT2D eigenvalue weighted by molar-refractivity contribution is 5.95. The van der Waals surface area contributed by atoms with Crippen LogP contribution in [0.5, 0.6) is 5.75 Å². The van der Waals surface area contributed by atoms with Gasteiger partial charge in [-0.05, 0) is 69.5 Å². The van der Waals surface area contributed by atoms with Gasteiger partial charge in [-0.15, -0.1) is 0 Å². The first-order valence-electron chi connectivity index (χ1n) is 11.4. The summed E-state index contributed by atoms with van der Waals surface area (Å²) in [7, 11) is 0. The Kier molecular flexibility index (Phi) is 9.47. The molecule has 0 bridgehead atoms. The lowest BCUT2D eigenvalue weighted by molar-refractivity contribution is -0.122. The second-order valence-corrected chi connectivity index (χ2v) is 9.25. The Balaban J connectivity index is 1.81. The maximum Gasteiger partial charge on any atom is 0.407 e. The molecule has 34 heavy (non-hydrogen) atoms. The van der Waals surface area contributed by atoms with Gasteiger partial charge in [-0.3, -0.25) is 9.59 Å². The van der Waals surface area contributed by atoms with E-state index < -0.39 is 17.8 Å². The van der Waals surface area contributed by atoms with Crippen LogP contribution in [0.2, 0.25) is 0 Å². The van der Waals surface area contributed by atoms with Gasteiger partial charge in [-0.25, -0.2) is 4.79 Å². The van der Waals surface area contributed by atoms with Crippen LogP contribution in [0.3, 0.4) is 0 Å². The lowest BCUT2D eigenvalue weighted by Crippen LogP contribution is -2.34. The molecule has 3 N–H and O–H groups in total. The summed E-state index contributed by atoms with van der Waals surface area (Å²) in [6.07, 6.45) is -1.15. The number of nitrogens with one attached hydrogen (secondary N) is 3. The molecule has 184 valence electrons. The molecule has 2 aromatic carbocycles. The molecule has 1 unspecified atom stereocenters. The minimum atomic E-state index is -0.684. The Morgan fingerprint density at radius 2 is 1.47 bits per heavy atom. The summed E-state index contributed by atoms with van der Waals surface area (Å²) >= 11 is 0. The molecule has 8 nitrogen and oxygen atoms in total. The summed E-state index contributed by atoms with van der Waals surface area (Å²) < 4.78 is 11.0. The number of ether oxygens (including phenoxy) is 2. The van der Waals surface area contributed by atoms with Crippen LogP contribution in [0.1, 0.15) is 59.4 Å². The zero-order valence-electron chi connectivity index (χ0n) is 20.7. The van der Waals surface area contributed by atoms with Crippen molar-refractivity contribution in [2.24, 2.45) is 0 Å². The van der Waals surface area contributed by atoms with Gasteiger partial charge in [0.2, 0.25) is 5.91 Å². The topological polar surface area (TPSA) is 106 Å². The van der Waals surface area contributed by atoms with Gasteiger partial charge in [0.1, 0.15) is 11.4 Å². The van der Waals surface area contributed by atoms with Gasteiger partial charge >= 0.3 is 6.09 Å². The summed E-state index contributed by atoms with van der Waals surface area (Å²) in [5.74, 6) is 0.448. The van der Waals surface area contributed by atoms with Gasteiger partial charge in [0.15, 0.2) is 6.10 Å². The Labute approximate surface area is 201 Å². The maximum atomic E-state index is 12.6. The molecule has 0 saturated carbocycles. The van der Waals surface area contributed by atoms with Crippen LogP contribution < -0.4 is 20.7 Å². The zero-order valence-corrected chi connectivity index (χ0v) is 20.7. The van der Waals surface area contributed by atoms with Crippen molar-refractivity contribution in [1.82, 2.24) is 5.32 Å². The lowest BCUT2D eigenvalue weighted by atomic mass is 10.0. The van der Waals surface area contributed by atoms with Crippen molar-refractivity contribution in [2.75, 3.05) is 17.2 Å². The summed E-state index contributed by atoms with van der Waals surface area (Å²) in [5, 5.41) is 8.11. The van der Waals surface area contributed by atoms with Gasteiger partial charge in [0, 0.05) is 24.3 Å². The second kappa shape index (κ2) is 12.1. The maximum absolute atomic E-state index is 12.6. The number of hydrogen-bond acceptors (Lipinski definition) is 5. The number of carbonyl (C=O) groups is 3. The van der Waals surface area contributed by atoms with Crippen LogP contribution in [0, 0.1) is 0 Å². The Hall–Kier alpha value is -3.55. The largest absolute Gasteiger partial charge is 0.481 e. The summed E-state index contributed by atoms with van der Waals surface area (Å²) in [4.78, 5) is 36.3. The number of para-hydroxylation sites is 1. The third-order valence-electron chi connectivity index (χ3n) is 4.67. The zero-order chi connectivity index (χ0) is 25.3. The molecule has 0 saturated heterocycles. The molecule has 0 spiro atoms. The van der Waals surface area contributed by atoms with Gasteiger partial charge in [-0.2, -0.15) is 0 Å². The molecule has 3 amide bonds. The monoisotopic (exact) mass is 469 g/mol. The van der Waals surface area contributed by atoms with Crippen molar-refractivity contribution < 1.29 is 23.9 Å². The SMILES string of the molecule is CC(Oc1ccccc1C(C)C)C(=O)Nc1ccc(NC(=O)CCNC(=O)OC(C)(C)C)cc1. The number of alkyl carbamates (subject to hydrolysis) is 1. The summed E-state index contributed by atoms with van der Waals surface area (Å²) in [6, 6.07) is 14.5. The van der Waals surface area contributed by atoms with Crippen molar-refractivity contribution >= 4 is 29.3 Å². The first kappa shape index (κ1) is 26.7. The number of carbonyl (C=O) groups excluding carboxylic acids is 3. The Morgan fingerprint density at radius 3 is 2.06 bits per heavy atom. The molecule has 8 heteroatoms. The minimum absolute atomic E-state index is 0.102. The molecule has 0 heterocycles. The first-order valence-corrected chi connectivity index (χ1v) is 11.4. The fourth-order valence-electron chi connectivity index (χ4n) is 3.01. The first-order chi connectivity index (χ1) is 15.9. The van der Waals surface area contributed by atoms with Gasteiger partial charge in [0.25, 0.3) is 5.91 Å². The number of rotatable bonds is 9. The normalized spacial score (nSPS) is 12.0. The molecule has 0 radical (unpaired) electrons. The van der Waals surface area contributed by atoms with Gasteiger partial charge in [-0.1, -0.05) is 32.0 Å².